The summed E-state index contributed by atoms with van der Waals surface area (Å²) in [4.78, 5) is 0. The fraction of sp³-hybridized carbons (Fsp3) is 0.400. The number of hydrogen-bond donors (Lipinski definition) is 1. The van der Waals surface area contributed by atoms with Gasteiger partial charge in [-0.1, -0.05) is 31.2 Å². The number of hydrogen-bond acceptors (Lipinski definition) is 2. The monoisotopic (exact) mass is 182 g/mol. The largest absolute Gasteiger partial charge is 0.329 e. The fourth-order valence-corrected chi connectivity index (χ4v) is 1.83. The van der Waals surface area contributed by atoms with Gasteiger partial charge in [-0.3, -0.25) is 0 Å². The molecular formula is C10H14OS. The van der Waals surface area contributed by atoms with E-state index in [-0.39, 0.29) is 5.25 Å². The Labute approximate surface area is 78.0 Å². The molecule has 0 aliphatic rings. The first-order chi connectivity index (χ1) is 5.79. The van der Waals surface area contributed by atoms with Gasteiger partial charge in [-0.25, -0.2) is 0 Å². The Hall–Kier alpha value is -0.470. The molecule has 0 spiro atoms. The second-order valence-corrected chi connectivity index (χ2v) is 3.64. The lowest BCUT2D eigenvalue weighted by Crippen LogP contribution is -1.94. The minimum absolute atomic E-state index is 0.228. The van der Waals surface area contributed by atoms with E-state index in [4.69, 9.17) is 4.55 Å². The van der Waals surface area contributed by atoms with Gasteiger partial charge in [-0.15, -0.1) is 0 Å². The van der Waals surface area contributed by atoms with E-state index >= 15 is 0 Å². The summed E-state index contributed by atoms with van der Waals surface area (Å²) in [5.74, 6) is 0. The number of aryl methyl sites for hydroxylation is 1. The molecule has 0 fully saturated rings. The summed E-state index contributed by atoms with van der Waals surface area (Å²) in [6.07, 6.45) is 0.964. The van der Waals surface area contributed by atoms with Gasteiger partial charge >= 0.3 is 0 Å². The van der Waals surface area contributed by atoms with Crippen LogP contribution in [0.5, 0.6) is 0 Å². The number of benzene rings is 1. The Balaban J connectivity index is 2.92. The highest BCUT2D eigenvalue weighted by atomic mass is 32.2. The second-order valence-electron chi connectivity index (χ2n) is 2.86. The van der Waals surface area contributed by atoms with Crippen molar-refractivity contribution in [3.8, 4) is 0 Å². The van der Waals surface area contributed by atoms with Crippen LogP contribution in [-0.4, -0.2) is 4.55 Å². The maximum Gasteiger partial charge on any atom is 0.0557 e. The Kier molecular flexibility index (Phi) is 3.63. The van der Waals surface area contributed by atoms with E-state index in [1.807, 2.05) is 12.1 Å². The predicted octanol–water partition coefficient (Wildman–Crippen LogP) is 3.65. The molecular weight excluding hydrogens is 168 g/mol. The third-order valence-corrected chi connectivity index (χ3v) is 2.88. The predicted molar refractivity (Wildman–Crippen MR) is 54.4 cm³/mol. The first kappa shape index (κ1) is 9.62. The Morgan fingerprint density at radius 2 is 2.08 bits per heavy atom. The van der Waals surface area contributed by atoms with Crippen molar-refractivity contribution < 1.29 is 4.55 Å². The summed E-state index contributed by atoms with van der Waals surface area (Å²) >= 11 is 0.937. The van der Waals surface area contributed by atoms with Crippen LogP contribution >= 0.6 is 12.0 Å². The van der Waals surface area contributed by atoms with Gasteiger partial charge in [0.25, 0.3) is 0 Å². The molecule has 0 aliphatic heterocycles. The Morgan fingerprint density at radius 3 is 2.58 bits per heavy atom. The van der Waals surface area contributed by atoms with E-state index in [1.165, 1.54) is 11.1 Å². The summed E-state index contributed by atoms with van der Waals surface area (Å²) in [6, 6.07) is 8.19. The van der Waals surface area contributed by atoms with E-state index in [2.05, 4.69) is 26.0 Å². The number of rotatable bonds is 3. The average Bonchev–Trinajstić information content (AvgIpc) is 2.10. The molecule has 1 aromatic rings. The van der Waals surface area contributed by atoms with Crippen molar-refractivity contribution in [2.24, 2.45) is 0 Å². The molecule has 66 valence electrons. The third-order valence-electron chi connectivity index (χ3n) is 2.03. The standard InChI is InChI=1S/C10H14OS/c1-3-10(12-11)9-7-5-4-6-8(9)2/h4-7,10-11H,3H2,1-2H3. The van der Waals surface area contributed by atoms with Gasteiger partial charge in [-0.2, -0.15) is 0 Å². The van der Waals surface area contributed by atoms with Crippen molar-refractivity contribution in [2.45, 2.75) is 25.5 Å². The first-order valence-corrected chi connectivity index (χ1v) is 4.99. The van der Waals surface area contributed by atoms with Gasteiger partial charge in [0.1, 0.15) is 0 Å². The van der Waals surface area contributed by atoms with Crippen LogP contribution in [0.25, 0.3) is 0 Å². The molecule has 1 N–H and O–H groups in total. The van der Waals surface area contributed by atoms with Crippen molar-refractivity contribution in [1.29, 1.82) is 0 Å². The molecule has 0 saturated heterocycles. The van der Waals surface area contributed by atoms with Crippen LogP contribution in [0.3, 0.4) is 0 Å². The fourth-order valence-electron chi connectivity index (χ4n) is 1.30. The van der Waals surface area contributed by atoms with Gasteiger partial charge in [0.2, 0.25) is 0 Å². The molecule has 1 nitrogen and oxygen atoms in total. The van der Waals surface area contributed by atoms with E-state index in [0.717, 1.165) is 18.5 Å². The van der Waals surface area contributed by atoms with E-state index in [0.29, 0.717) is 0 Å². The average molecular weight is 182 g/mol. The SMILES string of the molecule is CCC(SO)c1ccccc1C. The highest BCUT2D eigenvalue weighted by Crippen LogP contribution is 2.31. The molecule has 1 aromatic carbocycles. The summed E-state index contributed by atoms with van der Waals surface area (Å²) in [7, 11) is 0. The van der Waals surface area contributed by atoms with Crippen LogP contribution in [0.2, 0.25) is 0 Å². The molecule has 0 amide bonds. The lowest BCUT2D eigenvalue weighted by atomic mass is 10.0. The van der Waals surface area contributed by atoms with Crippen molar-refractivity contribution in [1.82, 2.24) is 0 Å². The van der Waals surface area contributed by atoms with E-state index in [1.54, 1.807) is 0 Å². The zero-order valence-corrected chi connectivity index (χ0v) is 8.27. The summed E-state index contributed by atoms with van der Waals surface area (Å²) in [5, 5.41) is 0.228. The molecule has 2 heteroatoms. The van der Waals surface area contributed by atoms with Crippen molar-refractivity contribution in [2.75, 3.05) is 0 Å². The molecule has 0 aliphatic carbocycles. The van der Waals surface area contributed by atoms with E-state index in [9.17, 15) is 0 Å². The molecule has 0 radical (unpaired) electrons. The van der Waals surface area contributed by atoms with Crippen LogP contribution in [-0.2, 0) is 0 Å². The molecule has 12 heavy (non-hydrogen) atoms. The summed E-state index contributed by atoms with van der Waals surface area (Å²) < 4.78 is 9.02. The van der Waals surface area contributed by atoms with Crippen LogP contribution in [0.1, 0.15) is 29.7 Å². The molecule has 0 saturated carbocycles. The van der Waals surface area contributed by atoms with Gasteiger partial charge in [0, 0.05) is 0 Å². The highest BCUT2D eigenvalue weighted by molar-refractivity contribution is 7.94. The molecule has 0 heterocycles. The Morgan fingerprint density at radius 1 is 1.42 bits per heavy atom. The maximum atomic E-state index is 9.02. The quantitative estimate of drug-likeness (QED) is 0.720. The zero-order chi connectivity index (χ0) is 8.97. The smallest absolute Gasteiger partial charge is 0.0557 e. The van der Waals surface area contributed by atoms with Gasteiger partial charge in [-0.05, 0) is 36.5 Å². The maximum absolute atomic E-state index is 9.02. The first-order valence-electron chi connectivity index (χ1n) is 4.15. The third kappa shape index (κ3) is 2.02. The van der Waals surface area contributed by atoms with E-state index < -0.39 is 0 Å². The minimum Gasteiger partial charge on any atom is -0.329 e. The van der Waals surface area contributed by atoms with Gasteiger partial charge < -0.3 is 4.55 Å². The van der Waals surface area contributed by atoms with Crippen LogP contribution < -0.4 is 0 Å². The topological polar surface area (TPSA) is 20.2 Å². The van der Waals surface area contributed by atoms with Crippen molar-refractivity contribution in [3.63, 3.8) is 0 Å². The van der Waals surface area contributed by atoms with Crippen LogP contribution in [0.4, 0.5) is 0 Å². The van der Waals surface area contributed by atoms with Gasteiger partial charge in [0.05, 0.1) is 5.25 Å². The Bertz CT molecular complexity index is 243. The van der Waals surface area contributed by atoms with Crippen LogP contribution in [0, 0.1) is 6.92 Å². The minimum atomic E-state index is 0.228. The van der Waals surface area contributed by atoms with Crippen LogP contribution in [0.15, 0.2) is 24.3 Å². The molecule has 0 aromatic heterocycles. The lowest BCUT2D eigenvalue weighted by molar-refractivity contribution is 0.645. The summed E-state index contributed by atoms with van der Waals surface area (Å²) in [6.45, 7) is 4.16. The molecule has 1 unspecified atom stereocenters. The summed E-state index contributed by atoms with van der Waals surface area (Å²) in [5.41, 5.74) is 2.50. The molecule has 1 rings (SSSR count). The zero-order valence-electron chi connectivity index (χ0n) is 7.45. The highest BCUT2D eigenvalue weighted by Gasteiger charge is 2.10. The molecule has 1 atom stereocenters. The molecule has 0 bridgehead atoms. The second kappa shape index (κ2) is 4.53. The lowest BCUT2D eigenvalue weighted by Gasteiger charge is -2.12. The van der Waals surface area contributed by atoms with Gasteiger partial charge in [0.15, 0.2) is 0 Å². The van der Waals surface area contributed by atoms with Crippen molar-refractivity contribution in [3.05, 3.63) is 35.4 Å². The van der Waals surface area contributed by atoms with Crippen molar-refractivity contribution >= 4 is 12.0 Å². The normalized spacial score (nSPS) is 12.9.